The van der Waals surface area contributed by atoms with E-state index in [9.17, 15) is 34.9 Å². The van der Waals surface area contributed by atoms with Gasteiger partial charge in [0.05, 0.1) is 11.9 Å². The molecule has 1 aromatic rings. The van der Waals surface area contributed by atoms with Crippen LogP contribution >= 0.6 is 0 Å². The summed E-state index contributed by atoms with van der Waals surface area (Å²) in [6, 6.07) is 6.88. The number of carbonyl (C=O) groups is 2. The van der Waals surface area contributed by atoms with Crippen molar-refractivity contribution in [2.75, 3.05) is 13.2 Å². The Hall–Kier alpha value is -2.40. The van der Waals surface area contributed by atoms with Gasteiger partial charge in [-0.2, -0.15) is 0 Å². The van der Waals surface area contributed by atoms with Crippen LogP contribution in [0.3, 0.4) is 0 Å². The predicted octanol–water partition coefficient (Wildman–Crippen LogP) is -1.69. The maximum atomic E-state index is 11.9. The first-order valence-corrected chi connectivity index (χ1v) is 7.36. The van der Waals surface area contributed by atoms with Gasteiger partial charge in [0, 0.05) is 6.42 Å². The highest BCUT2D eigenvalue weighted by atomic mass is 16.4. The third-order valence-corrected chi connectivity index (χ3v) is 3.57. The molecule has 0 bridgehead atoms. The number of benzene rings is 1. The van der Waals surface area contributed by atoms with E-state index in [4.69, 9.17) is 5.11 Å². The maximum absolute atomic E-state index is 11.9. The lowest BCUT2D eigenvalue weighted by molar-refractivity contribution is -0.147. The molecule has 25 heavy (non-hydrogen) atoms. The van der Waals surface area contributed by atoms with E-state index in [1.54, 1.807) is 30.3 Å². The van der Waals surface area contributed by atoms with Crippen LogP contribution in [0, 0.1) is 4.91 Å². The van der Waals surface area contributed by atoms with Crippen molar-refractivity contribution in [3.63, 3.8) is 0 Å². The molecule has 0 aromatic heterocycles. The second kappa shape index (κ2) is 9.79. The summed E-state index contributed by atoms with van der Waals surface area (Å²) < 4.78 is 0. The van der Waals surface area contributed by atoms with Gasteiger partial charge in [0.2, 0.25) is 0 Å². The van der Waals surface area contributed by atoms with Crippen molar-refractivity contribution < 1.29 is 35.1 Å². The second-order valence-electron chi connectivity index (χ2n) is 5.37. The molecule has 0 radical (unpaired) electrons. The number of aliphatic hydroxyl groups excluding tert-OH is 4. The summed E-state index contributed by atoms with van der Waals surface area (Å²) in [5, 5.41) is 49.3. The number of carboxylic acids is 1. The molecule has 0 spiro atoms. The predicted molar refractivity (Wildman–Crippen MR) is 84.2 cm³/mol. The monoisotopic (exact) mass is 356 g/mol. The fourth-order valence-electron chi connectivity index (χ4n) is 2.12. The van der Waals surface area contributed by atoms with Crippen molar-refractivity contribution in [3.05, 3.63) is 40.8 Å². The number of Topliss-reactive ketones (excluding diaryl/α,β-unsaturated/α-hetero) is 1. The van der Waals surface area contributed by atoms with Gasteiger partial charge < -0.3 is 25.5 Å². The number of carbonyl (C=O) groups excluding carboxylic acids is 1. The number of aliphatic hydroxyl groups is 4. The van der Waals surface area contributed by atoms with Gasteiger partial charge in [0.1, 0.15) is 24.9 Å². The summed E-state index contributed by atoms with van der Waals surface area (Å²) in [7, 11) is 0. The molecule has 1 rings (SSSR count). The number of ketones is 1. The van der Waals surface area contributed by atoms with E-state index < -0.39 is 49.3 Å². The SMILES string of the molecule is O=NN(CC(=O)[C@@H](O)[C@H](O)[C@H](O)CO)C(Cc1ccccc1)C(=O)O. The molecule has 0 amide bonds. The van der Waals surface area contributed by atoms with E-state index >= 15 is 0 Å². The average Bonchev–Trinajstić information content (AvgIpc) is 2.62. The quantitative estimate of drug-likeness (QED) is 0.229. The van der Waals surface area contributed by atoms with E-state index in [1.807, 2.05) is 0 Å². The molecular weight excluding hydrogens is 336 g/mol. The lowest BCUT2D eigenvalue weighted by Crippen LogP contribution is -2.49. The summed E-state index contributed by atoms with van der Waals surface area (Å²) in [4.78, 5) is 34.3. The third kappa shape index (κ3) is 5.87. The molecule has 0 aliphatic carbocycles. The van der Waals surface area contributed by atoms with Crippen molar-refractivity contribution in [3.8, 4) is 0 Å². The highest BCUT2D eigenvalue weighted by Gasteiger charge is 2.34. The molecule has 1 unspecified atom stereocenters. The van der Waals surface area contributed by atoms with E-state index in [0.29, 0.717) is 10.6 Å². The Labute approximate surface area is 142 Å². The number of hydrogen-bond acceptors (Lipinski definition) is 8. The molecule has 0 aliphatic rings. The lowest BCUT2D eigenvalue weighted by atomic mass is 10.0. The van der Waals surface area contributed by atoms with Crippen LogP contribution in [0.1, 0.15) is 5.56 Å². The van der Waals surface area contributed by atoms with E-state index in [0.717, 1.165) is 0 Å². The molecule has 0 heterocycles. The second-order valence-corrected chi connectivity index (χ2v) is 5.37. The summed E-state index contributed by atoms with van der Waals surface area (Å²) >= 11 is 0. The Morgan fingerprint density at radius 2 is 1.72 bits per heavy atom. The van der Waals surface area contributed by atoms with Crippen molar-refractivity contribution in [2.45, 2.75) is 30.8 Å². The molecule has 10 nitrogen and oxygen atoms in total. The summed E-state index contributed by atoms with van der Waals surface area (Å²) in [5.74, 6) is -2.53. The topological polar surface area (TPSA) is 168 Å². The summed E-state index contributed by atoms with van der Waals surface area (Å²) in [6.07, 6.45) is -5.98. The number of carboxylic acid groups (broad SMARTS) is 1. The zero-order valence-corrected chi connectivity index (χ0v) is 13.2. The van der Waals surface area contributed by atoms with Gasteiger partial charge in [0.25, 0.3) is 0 Å². The van der Waals surface area contributed by atoms with Crippen molar-refractivity contribution in [2.24, 2.45) is 5.29 Å². The molecule has 1 aromatic carbocycles. The van der Waals surface area contributed by atoms with Crippen LogP contribution < -0.4 is 0 Å². The van der Waals surface area contributed by atoms with Crippen molar-refractivity contribution in [1.29, 1.82) is 0 Å². The third-order valence-electron chi connectivity index (χ3n) is 3.57. The Morgan fingerprint density at radius 3 is 2.20 bits per heavy atom. The van der Waals surface area contributed by atoms with Crippen LogP contribution in [0.5, 0.6) is 0 Å². The van der Waals surface area contributed by atoms with Gasteiger partial charge in [-0.1, -0.05) is 30.3 Å². The minimum absolute atomic E-state index is 0.118. The van der Waals surface area contributed by atoms with Crippen LogP contribution in [0.2, 0.25) is 0 Å². The first-order chi connectivity index (χ1) is 11.8. The first-order valence-electron chi connectivity index (χ1n) is 7.36. The van der Waals surface area contributed by atoms with Gasteiger partial charge in [-0.05, 0) is 5.56 Å². The first kappa shape index (κ1) is 20.6. The Bertz CT molecular complexity index is 582. The van der Waals surface area contributed by atoms with Crippen LogP contribution in [0.15, 0.2) is 35.6 Å². The summed E-state index contributed by atoms with van der Waals surface area (Å²) in [5.41, 5.74) is 0.590. The van der Waals surface area contributed by atoms with Crippen LogP contribution in [0.4, 0.5) is 0 Å². The van der Waals surface area contributed by atoms with Gasteiger partial charge in [0.15, 0.2) is 11.8 Å². The van der Waals surface area contributed by atoms with E-state index in [-0.39, 0.29) is 6.42 Å². The standard InChI is InChI=1S/C15H20N2O8/c18-8-12(20)14(22)13(21)11(19)7-17(16-25)10(15(23)24)6-9-4-2-1-3-5-9/h1-5,10,12-14,18,20-22H,6-8H2,(H,23,24)/t10?,12-,13-,14-/m1/s1. The average molecular weight is 356 g/mol. The van der Waals surface area contributed by atoms with Crippen molar-refractivity contribution in [1.82, 2.24) is 5.01 Å². The Kier molecular flexibility index (Phi) is 8.08. The molecule has 0 aliphatic heterocycles. The molecule has 4 atom stereocenters. The highest BCUT2D eigenvalue weighted by Crippen LogP contribution is 2.12. The van der Waals surface area contributed by atoms with Crippen LogP contribution in [-0.4, -0.2) is 79.8 Å². The fourth-order valence-corrected chi connectivity index (χ4v) is 2.12. The Morgan fingerprint density at radius 1 is 1.12 bits per heavy atom. The molecule has 5 N–H and O–H groups in total. The Balaban J connectivity index is 2.84. The van der Waals surface area contributed by atoms with Crippen LogP contribution in [-0.2, 0) is 16.0 Å². The zero-order valence-electron chi connectivity index (χ0n) is 13.2. The molecule has 138 valence electrons. The highest BCUT2D eigenvalue weighted by molar-refractivity contribution is 5.86. The lowest BCUT2D eigenvalue weighted by Gasteiger charge is -2.25. The number of rotatable bonds is 11. The number of aliphatic carboxylic acids is 1. The zero-order chi connectivity index (χ0) is 19.0. The van der Waals surface area contributed by atoms with Gasteiger partial charge in [-0.15, -0.1) is 4.91 Å². The van der Waals surface area contributed by atoms with E-state index in [2.05, 4.69) is 5.29 Å². The molecule has 0 saturated carbocycles. The normalized spacial score (nSPS) is 15.7. The smallest absolute Gasteiger partial charge is 0.328 e. The van der Waals surface area contributed by atoms with Gasteiger partial charge in [-0.25, -0.2) is 9.80 Å². The van der Waals surface area contributed by atoms with Crippen molar-refractivity contribution >= 4 is 11.8 Å². The minimum Gasteiger partial charge on any atom is -0.480 e. The molecule has 0 fully saturated rings. The molecule has 10 heteroatoms. The molecular formula is C15H20N2O8. The number of nitroso groups, excluding NO2 is 1. The minimum atomic E-state index is -2.11. The van der Waals surface area contributed by atoms with Gasteiger partial charge >= 0.3 is 5.97 Å². The largest absolute Gasteiger partial charge is 0.480 e. The number of nitrogens with zero attached hydrogens (tertiary/aromatic N) is 2. The van der Waals surface area contributed by atoms with Gasteiger partial charge in [-0.3, -0.25) is 4.79 Å². The van der Waals surface area contributed by atoms with Crippen LogP contribution in [0.25, 0.3) is 0 Å². The maximum Gasteiger partial charge on any atom is 0.328 e. The summed E-state index contributed by atoms with van der Waals surface area (Å²) in [6.45, 7) is -1.78. The number of hydrogen-bond donors (Lipinski definition) is 5. The van der Waals surface area contributed by atoms with E-state index in [1.165, 1.54) is 0 Å². The fraction of sp³-hybridized carbons (Fsp3) is 0.467. The molecule has 0 saturated heterocycles.